The van der Waals surface area contributed by atoms with Gasteiger partial charge in [0.2, 0.25) is 0 Å². The molecule has 3 aromatic rings. The van der Waals surface area contributed by atoms with Gasteiger partial charge in [0.25, 0.3) is 0 Å². The number of hydrogen-bond donors (Lipinski definition) is 0. The van der Waals surface area contributed by atoms with E-state index >= 15 is 0 Å². The quantitative estimate of drug-likeness (QED) is 0.677. The van der Waals surface area contributed by atoms with Gasteiger partial charge < -0.3 is 4.57 Å². The summed E-state index contributed by atoms with van der Waals surface area (Å²) in [6, 6.07) is 19.2. The molecule has 0 bridgehead atoms. The Morgan fingerprint density at radius 3 is 2.38 bits per heavy atom. The van der Waals surface area contributed by atoms with Gasteiger partial charge in [0.1, 0.15) is 0 Å². The average Bonchev–Trinajstić information content (AvgIpc) is 3.07. The second kappa shape index (κ2) is 6.23. The number of hydrogen-bond acceptors (Lipinski definition) is 1. The Hall–Kier alpha value is -2.61. The Balaban J connectivity index is 1.76. The lowest BCUT2D eigenvalue weighted by Crippen LogP contribution is -1.91. The van der Waals surface area contributed by atoms with Crippen LogP contribution in [0, 0.1) is 0 Å². The molecule has 0 aliphatic carbocycles. The Kier molecular flexibility index (Phi) is 3.97. The van der Waals surface area contributed by atoms with Crippen molar-refractivity contribution in [1.29, 1.82) is 0 Å². The third kappa shape index (κ3) is 3.29. The van der Waals surface area contributed by atoms with Crippen LogP contribution in [-0.4, -0.2) is 9.55 Å². The molecule has 0 aliphatic rings. The minimum atomic E-state index is 0.853. The summed E-state index contributed by atoms with van der Waals surface area (Å²) in [6.45, 7) is 3.00. The maximum Gasteiger partial charge on any atom is 0.0948 e. The monoisotopic (exact) mass is 274 g/mol. The Morgan fingerprint density at radius 2 is 1.71 bits per heavy atom. The largest absolute Gasteiger partial charge is 0.334 e. The van der Waals surface area contributed by atoms with Crippen LogP contribution in [0.15, 0.2) is 79.4 Å². The number of rotatable bonds is 4. The minimum Gasteiger partial charge on any atom is -0.334 e. The van der Waals surface area contributed by atoms with Gasteiger partial charge in [0, 0.05) is 18.9 Å². The molecule has 0 saturated heterocycles. The van der Waals surface area contributed by atoms with E-state index < -0.39 is 0 Å². The van der Waals surface area contributed by atoms with Gasteiger partial charge in [0.15, 0.2) is 0 Å². The first-order valence-electron chi connectivity index (χ1n) is 7.11. The predicted molar refractivity (Wildman–Crippen MR) is 87.8 cm³/mol. The molecule has 2 heteroatoms. The first-order chi connectivity index (χ1) is 10.3. The van der Waals surface area contributed by atoms with E-state index in [0.29, 0.717) is 0 Å². The van der Waals surface area contributed by atoms with Crippen LogP contribution in [0.3, 0.4) is 0 Å². The minimum absolute atomic E-state index is 0.853. The van der Waals surface area contributed by atoms with E-state index in [4.69, 9.17) is 0 Å². The number of imidazole rings is 1. The first-order valence-corrected chi connectivity index (χ1v) is 7.11. The second-order valence-electron chi connectivity index (χ2n) is 5.09. The van der Waals surface area contributed by atoms with Crippen molar-refractivity contribution in [3.63, 3.8) is 0 Å². The normalized spacial score (nSPS) is 11.6. The molecule has 1 heterocycles. The molecule has 104 valence electrons. The molecular weight excluding hydrogens is 256 g/mol. The van der Waals surface area contributed by atoms with Gasteiger partial charge in [-0.2, -0.15) is 0 Å². The Labute approximate surface area is 125 Å². The van der Waals surface area contributed by atoms with Gasteiger partial charge >= 0.3 is 0 Å². The summed E-state index contributed by atoms with van der Waals surface area (Å²) in [5.74, 6) is 0. The van der Waals surface area contributed by atoms with Crippen LogP contribution in [0.25, 0.3) is 16.7 Å². The van der Waals surface area contributed by atoms with Crippen molar-refractivity contribution in [3.8, 4) is 11.1 Å². The summed E-state index contributed by atoms with van der Waals surface area (Å²) >= 11 is 0. The highest BCUT2D eigenvalue weighted by Gasteiger charge is 1.99. The third-order valence-corrected chi connectivity index (χ3v) is 3.61. The summed E-state index contributed by atoms with van der Waals surface area (Å²) in [7, 11) is 0. The smallest absolute Gasteiger partial charge is 0.0948 e. The zero-order valence-corrected chi connectivity index (χ0v) is 12.1. The standard InChI is InChI=1S/C19H18N2/c1-16(11-13-21-14-12-20-15-21)17-7-9-19(10-8-17)18-5-3-2-4-6-18/h2-12,14-15H,13H2,1H3/b16-11-. The molecule has 1 aromatic heterocycles. The van der Waals surface area contributed by atoms with Crippen molar-refractivity contribution in [2.75, 3.05) is 0 Å². The fourth-order valence-corrected chi connectivity index (χ4v) is 2.31. The topological polar surface area (TPSA) is 17.8 Å². The highest BCUT2D eigenvalue weighted by molar-refractivity contribution is 5.69. The summed E-state index contributed by atoms with van der Waals surface area (Å²) < 4.78 is 2.06. The van der Waals surface area contributed by atoms with E-state index in [2.05, 4.69) is 71.1 Å². The van der Waals surface area contributed by atoms with E-state index in [-0.39, 0.29) is 0 Å². The lowest BCUT2D eigenvalue weighted by molar-refractivity contribution is 0.821. The number of benzene rings is 2. The van der Waals surface area contributed by atoms with Gasteiger partial charge in [-0.15, -0.1) is 0 Å². The zero-order valence-electron chi connectivity index (χ0n) is 12.1. The molecule has 21 heavy (non-hydrogen) atoms. The fourth-order valence-electron chi connectivity index (χ4n) is 2.31. The number of aromatic nitrogens is 2. The maximum absolute atomic E-state index is 4.05. The molecule has 2 aromatic carbocycles. The molecule has 0 fully saturated rings. The lowest BCUT2D eigenvalue weighted by Gasteiger charge is -2.05. The molecule has 3 rings (SSSR count). The molecule has 0 unspecified atom stereocenters. The maximum atomic E-state index is 4.05. The van der Waals surface area contributed by atoms with Crippen LogP contribution >= 0.6 is 0 Å². The molecule has 0 amide bonds. The molecule has 0 N–H and O–H groups in total. The van der Waals surface area contributed by atoms with Crippen molar-refractivity contribution >= 4 is 5.57 Å². The van der Waals surface area contributed by atoms with E-state index in [1.165, 1.54) is 22.3 Å². The van der Waals surface area contributed by atoms with Gasteiger partial charge in [-0.1, -0.05) is 60.7 Å². The van der Waals surface area contributed by atoms with Crippen molar-refractivity contribution < 1.29 is 0 Å². The van der Waals surface area contributed by atoms with Crippen molar-refractivity contribution in [2.24, 2.45) is 0 Å². The highest BCUT2D eigenvalue weighted by Crippen LogP contribution is 2.22. The van der Waals surface area contributed by atoms with Crippen LogP contribution in [0.2, 0.25) is 0 Å². The average molecular weight is 274 g/mol. The zero-order chi connectivity index (χ0) is 14.5. The van der Waals surface area contributed by atoms with Crippen LogP contribution in [-0.2, 0) is 6.54 Å². The van der Waals surface area contributed by atoms with Crippen molar-refractivity contribution in [3.05, 3.63) is 85.0 Å². The summed E-state index contributed by atoms with van der Waals surface area (Å²) in [5, 5.41) is 0. The first kappa shape index (κ1) is 13.4. The van der Waals surface area contributed by atoms with E-state index in [0.717, 1.165) is 6.54 Å². The SMILES string of the molecule is C/C(=C/Cn1ccnc1)c1ccc(-c2ccccc2)cc1. The summed E-state index contributed by atoms with van der Waals surface area (Å²) in [5.41, 5.74) is 5.05. The highest BCUT2D eigenvalue weighted by atomic mass is 15.0. The number of allylic oxidation sites excluding steroid dienone is 2. The van der Waals surface area contributed by atoms with Gasteiger partial charge in [-0.3, -0.25) is 0 Å². The molecule has 0 spiro atoms. The van der Waals surface area contributed by atoms with Crippen LogP contribution < -0.4 is 0 Å². The van der Waals surface area contributed by atoms with Crippen LogP contribution in [0.1, 0.15) is 12.5 Å². The van der Waals surface area contributed by atoms with Gasteiger partial charge in [-0.25, -0.2) is 4.98 Å². The van der Waals surface area contributed by atoms with Crippen LogP contribution in [0.5, 0.6) is 0 Å². The third-order valence-electron chi connectivity index (χ3n) is 3.61. The molecule has 0 saturated carbocycles. The van der Waals surface area contributed by atoms with E-state index in [1.807, 2.05) is 18.6 Å². The van der Waals surface area contributed by atoms with E-state index in [1.54, 1.807) is 6.20 Å². The molecule has 0 atom stereocenters. The Bertz CT molecular complexity index is 708. The molecule has 0 aliphatic heterocycles. The number of nitrogens with zero attached hydrogens (tertiary/aromatic N) is 2. The van der Waals surface area contributed by atoms with Gasteiger partial charge in [-0.05, 0) is 29.2 Å². The predicted octanol–water partition coefficient (Wildman–Crippen LogP) is 4.65. The summed E-state index contributed by atoms with van der Waals surface area (Å²) in [4.78, 5) is 4.05. The van der Waals surface area contributed by atoms with Crippen LogP contribution in [0.4, 0.5) is 0 Å². The fraction of sp³-hybridized carbons (Fsp3) is 0.105. The van der Waals surface area contributed by atoms with Gasteiger partial charge in [0.05, 0.1) is 6.33 Å². The van der Waals surface area contributed by atoms with Crippen molar-refractivity contribution in [1.82, 2.24) is 9.55 Å². The lowest BCUT2D eigenvalue weighted by atomic mass is 10.0. The Morgan fingerprint density at radius 1 is 1.00 bits per heavy atom. The molecular formula is C19H18N2. The molecule has 2 nitrogen and oxygen atoms in total. The summed E-state index contributed by atoms with van der Waals surface area (Å²) in [6.07, 6.45) is 7.83. The molecule has 0 radical (unpaired) electrons. The second-order valence-corrected chi connectivity index (χ2v) is 5.09. The van der Waals surface area contributed by atoms with E-state index in [9.17, 15) is 0 Å². The van der Waals surface area contributed by atoms with Crippen molar-refractivity contribution in [2.45, 2.75) is 13.5 Å².